The summed E-state index contributed by atoms with van der Waals surface area (Å²) in [5.74, 6) is 2.14. The van der Waals surface area contributed by atoms with E-state index in [1.165, 1.54) is 7.11 Å². The number of fused-ring (bicyclic) bond motifs is 3. The minimum atomic E-state index is -0.331. The second-order valence-corrected chi connectivity index (χ2v) is 11.5. The lowest BCUT2D eigenvalue weighted by Crippen LogP contribution is -2.63. The van der Waals surface area contributed by atoms with Crippen LogP contribution in [0, 0.1) is 40.4 Å². The Labute approximate surface area is 180 Å². The summed E-state index contributed by atoms with van der Waals surface area (Å²) < 4.78 is 11.4. The summed E-state index contributed by atoms with van der Waals surface area (Å²) in [7, 11) is 1.44. The maximum Gasteiger partial charge on any atom is 0.305 e. The number of Topliss-reactive ketones (excluding diaryl/α,β-unsaturated/α-hetero) is 1. The van der Waals surface area contributed by atoms with E-state index in [1.54, 1.807) is 0 Å². The van der Waals surface area contributed by atoms with Crippen LogP contribution in [0.25, 0.3) is 0 Å². The van der Waals surface area contributed by atoms with Gasteiger partial charge in [-0.1, -0.05) is 20.8 Å². The van der Waals surface area contributed by atoms with Crippen molar-refractivity contribution < 1.29 is 24.2 Å². The molecule has 5 rings (SSSR count). The van der Waals surface area contributed by atoms with Crippen molar-refractivity contribution in [3.8, 4) is 0 Å². The Morgan fingerprint density at radius 2 is 1.93 bits per heavy atom. The number of ether oxygens (including phenoxy) is 2. The average molecular weight is 419 g/mol. The highest BCUT2D eigenvalue weighted by Gasteiger charge is 2.83. The van der Waals surface area contributed by atoms with Crippen LogP contribution in [-0.4, -0.2) is 41.8 Å². The lowest BCUT2D eigenvalue weighted by atomic mass is 9.43. The molecule has 4 saturated carbocycles. The van der Waals surface area contributed by atoms with Gasteiger partial charge in [0, 0.05) is 17.3 Å². The number of hydrogen-bond donors (Lipinski definition) is 1. The van der Waals surface area contributed by atoms with Crippen molar-refractivity contribution in [1.82, 2.24) is 0 Å². The lowest BCUT2D eigenvalue weighted by molar-refractivity contribution is -0.150. The molecule has 3 unspecified atom stereocenters. The molecule has 10 atom stereocenters. The average Bonchev–Trinajstić information content (AvgIpc) is 3.38. The zero-order valence-electron chi connectivity index (χ0n) is 19.0. The molecule has 1 heterocycles. The van der Waals surface area contributed by atoms with E-state index in [2.05, 4.69) is 20.8 Å². The molecule has 0 aromatic heterocycles. The first-order valence-electron chi connectivity index (χ1n) is 12.2. The monoisotopic (exact) mass is 418 g/mol. The Kier molecular flexibility index (Phi) is 4.73. The number of esters is 1. The van der Waals surface area contributed by atoms with Crippen molar-refractivity contribution in [2.75, 3.05) is 7.11 Å². The van der Waals surface area contributed by atoms with Gasteiger partial charge in [0.05, 0.1) is 13.2 Å². The molecular formula is C25H38O5. The molecule has 0 bridgehead atoms. The fourth-order valence-electron chi connectivity index (χ4n) is 9.00. The predicted molar refractivity (Wildman–Crippen MR) is 112 cm³/mol. The zero-order valence-corrected chi connectivity index (χ0v) is 19.0. The van der Waals surface area contributed by atoms with Gasteiger partial charge in [0.2, 0.25) is 0 Å². The van der Waals surface area contributed by atoms with E-state index in [9.17, 15) is 14.7 Å². The van der Waals surface area contributed by atoms with Crippen molar-refractivity contribution in [3.63, 3.8) is 0 Å². The number of rotatable bonds is 4. The summed E-state index contributed by atoms with van der Waals surface area (Å²) in [4.78, 5) is 25.6. The molecule has 5 fully saturated rings. The third-order valence-electron chi connectivity index (χ3n) is 10.7. The van der Waals surface area contributed by atoms with Crippen molar-refractivity contribution in [1.29, 1.82) is 0 Å². The summed E-state index contributed by atoms with van der Waals surface area (Å²) in [5, 5.41) is 10.3. The topological polar surface area (TPSA) is 76.1 Å². The zero-order chi connectivity index (χ0) is 21.5. The standard InChI is InChI=1S/C25H38O5/c1-14(5-10-20(27)29-4)17-8-9-18-19-7-6-15-13-16(26)11-12-23(15,2)25(19)22(30-25)21(28)24(17,18)3/h14-19,22,26H,5-13H2,1-4H3/t14-,15-,16-,17?,18?,19?,22-,23+,24-,25+/m1/s1. The summed E-state index contributed by atoms with van der Waals surface area (Å²) in [6, 6.07) is 0. The van der Waals surface area contributed by atoms with Crippen LogP contribution in [0.15, 0.2) is 0 Å². The van der Waals surface area contributed by atoms with Crippen molar-refractivity contribution in [2.24, 2.45) is 40.4 Å². The predicted octanol–water partition coefficient (Wildman–Crippen LogP) is 3.91. The van der Waals surface area contributed by atoms with Crippen LogP contribution in [-0.2, 0) is 19.1 Å². The van der Waals surface area contributed by atoms with Crippen LogP contribution >= 0.6 is 0 Å². The molecule has 5 aliphatic rings. The molecule has 168 valence electrons. The Morgan fingerprint density at radius 1 is 1.20 bits per heavy atom. The van der Waals surface area contributed by atoms with Crippen molar-refractivity contribution >= 4 is 11.8 Å². The Hall–Kier alpha value is -0.940. The third-order valence-corrected chi connectivity index (χ3v) is 10.7. The van der Waals surface area contributed by atoms with Crippen LogP contribution in [0.1, 0.15) is 78.6 Å². The molecule has 1 spiro atoms. The van der Waals surface area contributed by atoms with Gasteiger partial charge in [-0.3, -0.25) is 9.59 Å². The SMILES string of the molecule is COC(=O)CC[C@@H](C)C1CCC2C3CC[C@@H]4C[C@H](O)CC[C@]4(C)[C@]34O[C@@H]4C(=O)[C@@]21C. The van der Waals surface area contributed by atoms with Gasteiger partial charge in [0.1, 0.15) is 11.7 Å². The molecule has 5 nitrogen and oxygen atoms in total. The number of epoxide rings is 1. The first-order chi connectivity index (χ1) is 14.2. The molecule has 0 aromatic rings. The van der Waals surface area contributed by atoms with Crippen LogP contribution in [0.2, 0.25) is 0 Å². The molecule has 4 aliphatic carbocycles. The van der Waals surface area contributed by atoms with E-state index in [0.717, 1.165) is 51.4 Å². The number of hydrogen-bond acceptors (Lipinski definition) is 5. The number of aliphatic hydroxyl groups excluding tert-OH is 1. The van der Waals surface area contributed by atoms with Gasteiger partial charge in [0.15, 0.2) is 5.78 Å². The summed E-state index contributed by atoms with van der Waals surface area (Å²) in [6.45, 7) is 6.79. The minimum Gasteiger partial charge on any atom is -0.469 e. The minimum absolute atomic E-state index is 0.0192. The Bertz CT molecular complexity index is 750. The highest BCUT2D eigenvalue weighted by atomic mass is 16.6. The molecule has 30 heavy (non-hydrogen) atoms. The second kappa shape index (κ2) is 6.78. The molecule has 5 heteroatoms. The normalized spacial score (nSPS) is 52.5. The van der Waals surface area contributed by atoms with Gasteiger partial charge in [-0.15, -0.1) is 0 Å². The van der Waals surface area contributed by atoms with Gasteiger partial charge in [0.25, 0.3) is 0 Å². The first-order valence-corrected chi connectivity index (χ1v) is 12.2. The van der Waals surface area contributed by atoms with Gasteiger partial charge in [-0.25, -0.2) is 0 Å². The first kappa shape index (κ1) is 20.9. The van der Waals surface area contributed by atoms with E-state index >= 15 is 0 Å². The van der Waals surface area contributed by atoms with Gasteiger partial charge >= 0.3 is 5.97 Å². The lowest BCUT2D eigenvalue weighted by Gasteiger charge is -2.58. The quantitative estimate of drug-likeness (QED) is 0.553. The second-order valence-electron chi connectivity index (χ2n) is 11.5. The summed E-state index contributed by atoms with van der Waals surface area (Å²) in [5.41, 5.74) is -0.588. The van der Waals surface area contributed by atoms with E-state index in [0.29, 0.717) is 41.8 Å². The van der Waals surface area contributed by atoms with E-state index in [-0.39, 0.29) is 34.6 Å². The Balaban J connectivity index is 1.42. The largest absolute Gasteiger partial charge is 0.469 e. The smallest absolute Gasteiger partial charge is 0.305 e. The highest BCUT2D eigenvalue weighted by Crippen LogP contribution is 2.75. The van der Waals surface area contributed by atoms with Crippen LogP contribution < -0.4 is 0 Å². The fourth-order valence-corrected chi connectivity index (χ4v) is 9.00. The maximum atomic E-state index is 13.9. The molecule has 0 radical (unpaired) electrons. The number of carbonyl (C=O) groups is 2. The highest BCUT2D eigenvalue weighted by molar-refractivity contribution is 5.94. The number of carbonyl (C=O) groups excluding carboxylic acids is 2. The van der Waals surface area contributed by atoms with Crippen LogP contribution in [0.5, 0.6) is 0 Å². The van der Waals surface area contributed by atoms with Gasteiger partial charge in [-0.05, 0) is 81.0 Å². The van der Waals surface area contributed by atoms with Crippen molar-refractivity contribution in [2.45, 2.75) is 96.4 Å². The van der Waals surface area contributed by atoms with E-state index < -0.39 is 0 Å². The van der Waals surface area contributed by atoms with Crippen LogP contribution in [0.3, 0.4) is 0 Å². The summed E-state index contributed by atoms with van der Waals surface area (Å²) in [6.07, 6.45) is 7.90. The van der Waals surface area contributed by atoms with Crippen molar-refractivity contribution in [3.05, 3.63) is 0 Å². The molecule has 0 aromatic carbocycles. The number of ketones is 1. The maximum absolute atomic E-state index is 13.9. The Morgan fingerprint density at radius 3 is 2.67 bits per heavy atom. The van der Waals surface area contributed by atoms with Gasteiger partial charge in [-0.2, -0.15) is 0 Å². The van der Waals surface area contributed by atoms with Crippen LogP contribution in [0.4, 0.5) is 0 Å². The number of aliphatic hydroxyl groups is 1. The molecular weight excluding hydrogens is 380 g/mol. The summed E-state index contributed by atoms with van der Waals surface area (Å²) >= 11 is 0. The third kappa shape index (κ3) is 2.48. The van der Waals surface area contributed by atoms with E-state index in [4.69, 9.17) is 9.47 Å². The molecule has 1 saturated heterocycles. The number of methoxy groups -OCH3 is 1. The molecule has 0 amide bonds. The van der Waals surface area contributed by atoms with E-state index in [1.807, 2.05) is 0 Å². The molecule has 1 N–H and O–H groups in total. The molecule has 1 aliphatic heterocycles. The van der Waals surface area contributed by atoms with Gasteiger partial charge < -0.3 is 14.6 Å². The fraction of sp³-hybridized carbons (Fsp3) is 0.920.